The SMILES string of the molecule is COCc1ccc(-c2ccc(N(C[C@@H](N)[C@@H](C)OC)C(=O)[C@H]3C[C@@H]3c3ccccn3)cc2)cc1.Cl. The van der Waals surface area contributed by atoms with Crippen molar-refractivity contribution in [2.45, 2.75) is 38.0 Å². The minimum atomic E-state index is -0.297. The molecule has 1 aliphatic carbocycles. The van der Waals surface area contributed by atoms with Gasteiger partial charge in [0.05, 0.1) is 12.7 Å². The topological polar surface area (TPSA) is 77.7 Å². The van der Waals surface area contributed by atoms with E-state index in [1.165, 1.54) is 0 Å². The standard InChI is InChI=1S/C28H33N3O3.ClH/c1-19(34-3)26(29)17-31(28(32)25-16-24(25)27-6-4-5-15-30-27)23-13-11-22(12-14-23)21-9-7-20(8-10-21)18-33-2;/h4-15,19,24-26H,16-18,29H2,1-3H3;1H/t19-,24+,25+,26-;/m1./s1. The zero-order chi connectivity index (χ0) is 24.1. The third-order valence-electron chi connectivity index (χ3n) is 6.59. The van der Waals surface area contributed by atoms with Crippen molar-refractivity contribution < 1.29 is 14.3 Å². The summed E-state index contributed by atoms with van der Waals surface area (Å²) in [6.07, 6.45) is 2.43. The summed E-state index contributed by atoms with van der Waals surface area (Å²) in [6.45, 7) is 2.92. The number of benzene rings is 2. The van der Waals surface area contributed by atoms with Crippen LogP contribution < -0.4 is 10.6 Å². The molecule has 4 rings (SSSR count). The lowest BCUT2D eigenvalue weighted by atomic mass is 10.0. The molecule has 7 heteroatoms. The van der Waals surface area contributed by atoms with Gasteiger partial charge >= 0.3 is 0 Å². The number of nitrogens with zero attached hydrogens (tertiary/aromatic N) is 2. The summed E-state index contributed by atoms with van der Waals surface area (Å²) < 4.78 is 10.6. The number of hydrogen-bond donors (Lipinski definition) is 1. The maximum Gasteiger partial charge on any atom is 0.230 e. The fourth-order valence-electron chi connectivity index (χ4n) is 4.24. The second-order valence-electron chi connectivity index (χ2n) is 8.93. The highest BCUT2D eigenvalue weighted by Gasteiger charge is 2.47. The van der Waals surface area contributed by atoms with Crippen LogP contribution in [0, 0.1) is 5.92 Å². The number of halogens is 1. The molecule has 2 aromatic carbocycles. The molecule has 1 fully saturated rings. The molecule has 2 N–H and O–H groups in total. The zero-order valence-corrected chi connectivity index (χ0v) is 21.3. The third kappa shape index (κ3) is 6.47. The molecule has 1 saturated carbocycles. The van der Waals surface area contributed by atoms with Crippen LogP contribution in [-0.2, 0) is 20.9 Å². The number of anilines is 1. The van der Waals surface area contributed by atoms with Gasteiger partial charge in [-0.3, -0.25) is 9.78 Å². The molecule has 1 amide bonds. The first-order valence-electron chi connectivity index (χ1n) is 11.7. The van der Waals surface area contributed by atoms with Crippen LogP contribution in [0.25, 0.3) is 11.1 Å². The first-order chi connectivity index (χ1) is 16.5. The first-order valence-corrected chi connectivity index (χ1v) is 11.7. The van der Waals surface area contributed by atoms with Gasteiger partial charge in [0.15, 0.2) is 0 Å². The number of methoxy groups -OCH3 is 2. The highest BCUT2D eigenvalue weighted by molar-refractivity contribution is 5.97. The van der Waals surface area contributed by atoms with E-state index in [1.807, 2.05) is 42.2 Å². The van der Waals surface area contributed by atoms with Crippen molar-refractivity contribution in [2.24, 2.45) is 11.7 Å². The highest BCUT2D eigenvalue weighted by atomic mass is 35.5. The van der Waals surface area contributed by atoms with E-state index in [-0.39, 0.29) is 42.3 Å². The molecule has 0 saturated heterocycles. The van der Waals surface area contributed by atoms with Crippen LogP contribution in [-0.4, -0.2) is 43.8 Å². The fraction of sp³-hybridized carbons (Fsp3) is 0.357. The number of amides is 1. The molecule has 0 radical (unpaired) electrons. The number of hydrogen-bond acceptors (Lipinski definition) is 5. The molecule has 35 heavy (non-hydrogen) atoms. The monoisotopic (exact) mass is 495 g/mol. The maximum absolute atomic E-state index is 13.6. The van der Waals surface area contributed by atoms with Crippen molar-refractivity contribution in [3.05, 3.63) is 84.2 Å². The van der Waals surface area contributed by atoms with Crippen LogP contribution in [0.1, 0.15) is 30.5 Å². The number of pyridine rings is 1. The van der Waals surface area contributed by atoms with E-state index < -0.39 is 0 Å². The molecule has 6 nitrogen and oxygen atoms in total. The van der Waals surface area contributed by atoms with E-state index in [1.54, 1.807) is 20.4 Å². The Labute approximate surface area is 213 Å². The smallest absolute Gasteiger partial charge is 0.230 e. The highest BCUT2D eigenvalue weighted by Crippen LogP contribution is 2.48. The third-order valence-corrected chi connectivity index (χ3v) is 6.59. The number of aromatic nitrogens is 1. The Bertz CT molecular complexity index is 1080. The predicted molar refractivity (Wildman–Crippen MR) is 142 cm³/mol. The van der Waals surface area contributed by atoms with E-state index in [0.717, 1.165) is 34.5 Å². The van der Waals surface area contributed by atoms with Gasteiger partial charge in [0, 0.05) is 56.2 Å². The van der Waals surface area contributed by atoms with Crippen LogP contribution in [0.2, 0.25) is 0 Å². The Morgan fingerprint density at radius 1 is 1.06 bits per heavy atom. The van der Waals surface area contributed by atoms with Gasteiger partial charge in [-0.05, 0) is 54.3 Å². The molecule has 0 spiro atoms. The molecule has 186 valence electrons. The van der Waals surface area contributed by atoms with Crippen LogP contribution in [0.5, 0.6) is 0 Å². The Morgan fingerprint density at radius 3 is 2.29 bits per heavy atom. The molecule has 0 bridgehead atoms. The van der Waals surface area contributed by atoms with Gasteiger partial charge in [0.25, 0.3) is 0 Å². The van der Waals surface area contributed by atoms with Crippen LogP contribution >= 0.6 is 12.4 Å². The van der Waals surface area contributed by atoms with Crippen molar-refractivity contribution in [2.75, 3.05) is 25.7 Å². The molecular formula is C28H34ClN3O3. The summed E-state index contributed by atoms with van der Waals surface area (Å²) in [4.78, 5) is 19.8. The Morgan fingerprint density at radius 2 is 1.71 bits per heavy atom. The summed E-state index contributed by atoms with van der Waals surface area (Å²) in [6, 6.07) is 22.0. The van der Waals surface area contributed by atoms with Crippen LogP contribution in [0.15, 0.2) is 72.9 Å². The number of ether oxygens (including phenoxy) is 2. The molecular weight excluding hydrogens is 462 g/mol. The molecule has 3 aromatic rings. The van der Waals surface area contributed by atoms with Crippen LogP contribution in [0.4, 0.5) is 5.69 Å². The lowest BCUT2D eigenvalue weighted by molar-refractivity contribution is -0.120. The van der Waals surface area contributed by atoms with Gasteiger partial charge in [-0.15, -0.1) is 12.4 Å². The van der Waals surface area contributed by atoms with Crippen molar-refractivity contribution >= 4 is 24.0 Å². The summed E-state index contributed by atoms with van der Waals surface area (Å²) >= 11 is 0. The normalized spacial score (nSPS) is 18.3. The minimum absolute atomic E-state index is 0. The summed E-state index contributed by atoms with van der Waals surface area (Å²) in [5.74, 6) is 0.177. The lowest BCUT2D eigenvalue weighted by Gasteiger charge is -2.29. The maximum atomic E-state index is 13.6. The Hall–Kier alpha value is -2.77. The van der Waals surface area contributed by atoms with Crippen LogP contribution in [0.3, 0.4) is 0 Å². The van der Waals surface area contributed by atoms with Crippen molar-refractivity contribution in [1.29, 1.82) is 0 Å². The molecule has 0 unspecified atom stereocenters. The molecule has 0 aliphatic heterocycles. The summed E-state index contributed by atoms with van der Waals surface area (Å²) in [5.41, 5.74) is 11.5. The second kappa shape index (κ2) is 12.3. The lowest BCUT2D eigenvalue weighted by Crippen LogP contribution is -2.47. The number of carbonyl (C=O) groups excluding carboxylic acids is 1. The van der Waals surface area contributed by atoms with Crippen molar-refractivity contribution in [3.63, 3.8) is 0 Å². The minimum Gasteiger partial charge on any atom is -0.380 e. The van der Waals surface area contributed by atoms with Crippen molar-refractivity contribution in [3.8, 4) is 11.1 Å². The largest absolute Gasteiger partial charge is 0.380 e. The number of nitrogens with two attached hydrogens (primary N) is 1. The van der Waals surface area contributed by atoms with E-state index in [4.69, 9.17) is 15.2 Å². The average Bonchev–Trinajstić information content (AvgIpc) is 3.69. The second-order valence-corrected chi connectivity index (χ2v) is 8.93. The molecule has 1 heterocycles. The Kier molecular flexibility index (Phi) is 9.40. The van der Waals surface area contributed by atoms with Gasteiger partial charge in [0.1, 0.15) is 0 Å². The summed E-state index contributed by atoms with van der Waals surface area (Å²) in [7, 11) is 3.33. The predicted octanol–water partition coefficient (Wildman–Crippen LogP) is 4.82. The fourth-order valence-corrected chi connectivity index (χ4v) is 4.24. The van der Waals surface area contributed by atoms with Gasteiger partial charge in [-0.25, -0.2) is 0 Å². The molecule has 1 aromatic heterocycles. The first kappa shape index (κ1) is 26.8. The molecule has 1 aliphatic rings. The summed E-state index contributed by atoms with van der Waals surface area (Å²) in [5, 5.41) is 0. The van der Waals surface area contributed by atoms with E-state index in [9.17, 15) is 4.79 Å². The Balaban J connectivity index is 0.00000342. The average molecular weight is 496 g/mol. The number of carbonyl (C=O) groups is 1. The van der Waals surface area contributed by atoms with E-state index >= 15 is 0 Å². The van der Waals surface area contributed by atoms with Gasteiger partial charge < -0.3 is 20.1 Å². The number of rotatable bonds is 10. The molecule has 4 atom stereocenters. The van der Waals surface area contributed by atoms with Gasteiger partial charge in [-0.2, -0.15) is 0 Å². The van der Waals surface area contributed by atoms with Gasteiger partial charge in [-0.1, -0.05) is 42.5 Å². The van der Waals surface area contributed by atoms with Crippen molar-refractivity contribution in [1.82, 2.24) is 4.98 Å². The quantitative estimate of drug-likeness (QED) is 0.436. The van der Waals surface area contributed by atoms with E-state index in [2.05, 4.69) is 41.4 Å². The zero-order valence-electron chi connectivity index (χ0n) is 20.5. The van der Waals surface area contributed by atoms with E-state index in [0.29, 0.717) is 13.2 Å². The van der Waals surface area contributed by atoms with Gasteiger partial charge in [0.2, 0.25) is 5.91 Å².